The molecule has 1 heterocycles. The molecular formula is C24H27F3N4. The van der Waals surface area contributed by atoms with Gasteiger partial charge in [0.15, 0.2) is 0 Å². The number of unbranched alkanes of at least 4 members (excludes halogenated alkanes) is 2. The van der Waals surface area contributed by atoms with Crippen LogP contribution in [0.4, 0.5) is 36.3 Å². The second kappa shape index (κ2) is 10.3. The Hall–Kier alpha value is -3.09. The zero-order valence-corrected chi connectivity index (χ0v) is 17.8. The van der Waals surface area contributed by atoms with E-state index in [1.807, 2.05) is 42.5 Å². The van der Waals surface area contributed by atoms with Crippen molar-refractivity contribution >= 4 is 23.1 Å². The summed E-state index contributed by atoms with van der Waals surface area (Å²) in [5, 5.41) is 5.82. The lowest BCUT2D eigenvalue weighted by atomic mass is 10.1. The van der Waals surface area contributed by atoms with Gasteiger partial charge in [0.05, 0.1) is 0 Å². The molecule has 0 radical (unpaired) electrons. The zero-order chi connectivity index (χ0) is 22.3. The normalized spacial score (nSPS) is 11.4. The molecule has 2 aromatic carbocycles. The number of benzene rings is 2. The van der Waals surface area contributed by atoms with Crippen LogP contribution in [0.15, 0.2) is 54.7 Å². The van der Waals surface area contributed by atoms with Gasteiger partial charge in [0.25, 0.3) is 0 Å². The molecule has 2 N–H and O–H groups in total. The van der Waals surface area contributed by atoms with Crippen LogP contribution < -0.4 is 10.6 Å². The van der Waals surface area contributed by atoms with Crippen molar-refractivity contribution in [2.75, 3.05) is 10.6 Å². The molecule has 31 heavy (non-hydrogen) atoms. The van der Waals surface area contributed by atoms with E-state index in [-0.39, 0.29) is 11.8 Å². The fourth-order valence-corrected chi connectivity index (χ4v) is 3.22. The molecule has 0 aliphatic heterocycles. The fourth-order valence-electron chi connectivity index (χ4n) is 3.22. The van der Waals surface area contributed by atoms with E-state index in [2.05, 4.69) is 34.4 Å². The standard InChI is InChI=1S/C24H27F3N4/c1-3-5-6-8-18-9-7-10-20(15-18)29-22-21(24(25,26)27)16-28-23(31-22)30-19-13-11-17(4-2)12-14-19/h7,9-16H,3-6,8H2,1-2H3,(H2,28,29,30,31). The lowest BCUT2D eigenvalue weighted by molar-refractivity contribution is -0.137. The molecule has 0 atom stereocenters. The monoisotopic (exact) mass is 428 g/mol. The molecule has 4 nitrogen and oxygen atoms in total. The molecule has 164 valence electrons. The lowest BCUT2D eigenvalue weighted by Gasteiger charge is -2.15. The van der Waals surface area contributed by atoms with Gasteiger partial charge in [0.2, 0.25) is 5.95 Å². The molecule has 0 saturated carbocycles. The van der Waals surface area contributed by atoms with Crippen molar-refractivity contribution in [2.45, 2.75) is 52.1 Å². The minimum absolute atomic E-state index is 0.0962. The summed E-state index contributed by atoms with van der Waals surface area (Å²) in [4.78, 5) is 7.99. The summed E-state index contributed by atoms with van der Waals surface area (Å²) in [5.41, 5.74) is 2.61. The molecule has 0 amide bonds. The Balaban J connectivity index is 1.84. The minimum Gasteiger partial charge on any atom is -0.340 e. The number of nitrogens with zero attached hydrogens (tertiary/aromatic N) is 2. The summed E-state index contributed by atoms with van der Waals surface area (Å²) < 4.78 is 40.6. The van der Waals surface area contributed by atoms with Crippen molar-refractivity contribution < 1.29 is 13.2 Å². The second-order valence-electron chi connectivity index (χ2n) is 7.41. The topological polar surface area (TPSA) is 49.8 Å². The van der Waals surface area contributed by atoms with Gasteiger partial charge in [-0.25, -0.2) is 4.98 Å². The molecule has 0 spiro atoms. The number of halogens is 3. The summed E-state index contributed by atoms with van der Waals surface area (Å²) >= 11 is 0. The first kappa shape index (κ1) is 22.6. The van der Waals surface area contributed by atoms with Crippen LogP contribution in [-0.4, -0.2) is 9.97 Å². The maximum absolute atomic E-state index is 13.5. The Morgan fingerprint density at radius 3 is 2.32 bits per heavy atom. The maximum Gasteiger partial charge on any atom is 0.421 e. The van der Waals surface area contributed by atoms with Crippen LogP contribution in [0.3, 0.4) is 0 Å². The highest BCUT2D eigenvalue weighted by Gasteiger charge is 2.35. The molecule has 3 rings (SSSR count). The van der Waals surface area contributed by atoms with Crippen LogP contribution in [0, 0.1) is 0 Å². The molecule has 7 heteroatoms. The summed E-state index contributed by atoms with van der Waals surface area (Å²) in [6, 6.07) is 15.0. The number of aryl methyl sites for hydroxylation is 2. The first-order valence-corrected chi connectivity index (χ1v) is 10.5. The molecule has 0 aliphatic rings. The van der Waals surface area contributed by atoms with Gasteiger partial charge in [0.1, 0.15) is 11.4 Å². The van der Waals surface area contributed by atoms with E-state index < -0.39 is 11.7 Å². The molecule has 0 aliphatic carbocycles. The van der Waals surface area contributed by atoms with Crippen molar-refractivity contribution in [3.05, 3.63) is 71.4 Å². The van der Waals surface area contributed by atoms with E-state index in [1.54, 1.807) is 6.07 Å². The second-order valence-corrected chi connectivity index (χ2v) is 7.41. The number of hydrogen-bond acceptors (Lipinski definition) is 4. The van der Waals surface area contributed by atoms with E-state index in [9.17, 15) is 13.2 Å². The third-order valence-electron chi connectivity index (χ3n) is 4.97. The number of alkyl halides is 3. The Labute approximate surface area is 181 Å². The predicted octanol–water partition coefficient (Wildman–Crippen LogP) is 7.28. The molecule has 0 saturated heterocycles. The van der Waals surface area contributed by atoms with Crippen LogP contribution in [0.25, 0.3) is 0 Å². The Morgan fingerprint density at radius 2 is 1.65 bits per heavy atom. The van der Waals surface area contributed by atoms with Gasteiger partial charge in [-0.3, -0.25) is 0 Å². The summed E-state index contributed by atoms with van der Waals surface area (Å²) in [7, 11) is 0. The fraction of sp³-hybridized carbons (Fsp3) is 0.333. The van der Waals surface area contributed by atoms with E-state index in [0.717, 1.165) is 43.9 Å². The number of rotatable bonds is 9. The number of nitrogens with one attached hydrogen (secondary N) is 2. The van der Waals surface area contributed by atoms with Gasteiger partial charge in [-0.05, 0) is 54.7 Å². The van der Waals surface area contributed by atoms with E-state index in [4.69, 9.17) is 0 Å². The number of aromatic nitrogens is 2. The average Bonchev–Trinajstić information content (AvgIpc) is 2.74. The summed E-state index contributed by atoms with van der Waals surface area (Å²) in [6.07, 6.45) is 1.32. The summed E-state index contributed by atoms with van der Waals surface area (Å²) in [6.45, 7) is 4.19. The minimum atomic E-state index is -4.57. The molecule has 0 fully saturated rings. The molecule has 3 aromatic rings. The van der Waals surface area contributed by atoms with Gasteiger partial charge in [-0.1, -0.05) is 51.0 Å². The predicted molar refractivity (Wildman–Crippen MR) is 119 cm³/mol. The van der Waals surface area contributed by atoms with Crippen molar-refractivity contribution in [1.29, 1.82) is 0 Å². The number of anilines is 4. The third kappa shape index (κ3) is 6.44. The molecular weight excluding hydrogens is 401 g/mol. The van der Waals surface area contributed by atoms with Crippen LogP contribution in [0.2, 0.25) is 0 Å². The first-order chi connectivity index (χ1) is 14.9. The molecule has 0 unspecified atom stereocenters. The largest absolute Gasteiger partial charge is 0.421 e. The van der Waals surface area contributed by atoms with E-state index >= 15 is 0 Å². The van der Waals surface area contributed by atoms with Crippen LogP contribution in [-0.2, 0) is 19.0 Å². The Morgan fingerprint density at radius 1 is 0.871 bits per heavy atom. The first-order valence-electron chi connectivity index (χ1n) is 10.5. The van der Waals surface area contributed by atoms with Crippen LogP contribution in [0.5, 0.6) is 0 Å². The third-order valence-corrected chi connectivity index (χ3v) is 4.97. The molecule has 0 bridgehead atoms. The van der Waals surface area contributed by atoms with Crippen molar-refractivity contribution in [3.63, 3.8) is 0 Å². The van der Waals surface area contributed by atoms with E-state index in [1.165, 1.54) is 5.56 Å². The van der Waals surface area contributed by atoms with Gasteiger partial charge >= 0.3 is 6.18 Å². The Kier molecular flexibility index (Phi) is 7.50. The van der Waals surface area contributed by atoms with Gasteiger partial charge in [-0.15, -0.1) is 0 Å². The van der Waals surface area contributed by atoms with Gasteiger partial charge < -0.3 is 10.6 Å². The average molecular weight is 429 g/mol. The van der Waals surface area contributed by atoms with Crippen molar-refractivity contribution in [3.8, 4) is 0 Å². The summed E-state index contributed by atoms with van der Waals surface area (Å²) in [5.74, 6) is -0.181. The van der Waals surface area contributed by atoms with Gasteiger partial charge in [0, 0.05) is 17.6 Å². The van der Waals surface area contributed by atoms with Crippen LogP contribution >= 0.6 is 0 Å². The van der Waals surface area contributed by atoms with Gasteiger partial charge in [-0.2, -0.15) is 18.2 Å². The highest BCUT2D eigenvalue weighted by molar-refractivity contribution is 5.63. The lowest BCUT2D eigenvalue weighted by Crippen LogP contribution is -2.12. The zero-order valence-electron chi connectivity index (χ0n) is 17.8. The highest BCUT2D eigenvalue weighted by Crippen LogP contribution is 2.35. The maximum atomic E-state index is 13.5. The van der Waals surface area contributed by atoms with Crippen molar-refractivity contribution in [2.24, 2.45) is 0 Å². The quantitative estimate of drug-likeness (QED) is 0.352. The van der Waals surface area contributed by atoms with E-state index in [0.29, 0.717) is 11.4 Å². The SMILES string of the molecule is CCCCCc1cccc(Nc2nc(Nc3ccc(CC)cc3)ncc2C(F)(F)F)c1. The highest BCUT2D eigenvalue weighted by atomic mass is 19.4. The molecule has 1 aromatic heterocycles. The Bertz CT molecular complexity index is 985. The number of hydrogen-bond donors (Lipinski definition) is 2. The smallest absolute Gasteiger partial charge is 0.340 e. The van der Waals surface area contributed by atoms with Crippen molar-refractivity contribution in [1.82, 2.24) is 9.97 Å². The van der Waals surface area contributed by atoms with Crippen LogP contribution in [0.1, 0.15) is 49.8 Å².